The number of hydrogen-bond acceptors (Lipinski definition) is 3. The number of rotatable bonds is 1. The number of benzene rings is 1. The Balaban J connectivity index is 2.12. The maximum Gasteiger partial charge on any atom is 0.256 e. The summed E-state index contributed by atoms with van der Waals surface area (Å²) in [4.78, 5) is 1.87. The van der Waals surface area contributed by atoms with Gasteiger partial charge in [-0.15, -0.1) is 4.40 Å². The fourth-order valence-corrected chi connectivity index (χ4v) is 2.99. The van der Waals surface area contributed by atoms with Crippen LogP contribution in [0.1, 0.15) is 5.56 Å². The Morgan fingerprint density at radius 1 is 1.28 bits per heavy atom. The van der Waals surface area contributed by atoms with Crippen LogP contribution in [-0.4, -0.2) is 31.5 Å². The molecule has 1 radical (unpaired) electrons. The van der Waals surface area contributed by atoms with Gasteiger partial charge in [0.2, 0.25) is 0 Å². The summed E-state index contributed by atoms with van der Waals surface area (Å²) in [5.41, 5.74) is 1.77. The van der Waals surface area contributed by atoms with Crippen molar-refractivity contribution >= 4 is 21.4 Å². The average Bonchev–Trinajstić information content (AvgIpc) is 2.38. The second kappa shape index (κ2) is 4.10. The summed E-state index contributed by atoms with van der Waals surface area (Å²) in [6.07, 6.45) is 5.64. The minimum absolute atomic E-state index is 0.0662. The predicted molar refractivity (Wildman–Crippen MR) is 70.3 cm³/mol. The van der Waals surface area contributed by atoms with Gasteiger partial charge in [0.25, 0.3) is 10.0 Å². The maximum absolute atomic E-state index is 11.6. The summed E-state index contributed by atoms with van der Waals surface area (Å²) in [6, 6.07) is 10.3. The first-order valence-electron chi connectivity index (χ1n) is 5.60. The Morgan fingerprint density at radius 3 is 2.83 bits per heavy atom. The van der Waals surface area contributed by atoms with Crippen molar-refractivity contribution in [1.29, 1.82) is 0 Å². The van der Waals surface area contributed by atoms with Gasteiger partial charge < -0.3 is 4.90 Å². The zero-order valence-corrected chi connectivity index (χ0v) is 10.4. The second-order valence-corrected chi connectivity index (χ2v) is 5.86. The van der Waals surface area contributed by atoms with Crippen molar-refractivity contribution in [2.45, 2.75) is 0 Å². The summed E-state index contributed by atoms with van der Waals surface area (Å²) in [5, 5.41) is 0. The number of allylic oxidation sites excluding steroid dienone is 2. The van der Waals surface area contributed by atoms with Crippen molar-refractivity contribution < 1.29 is 8.42 Å². The SMILES string of the molecule is O=S1(=O)CCN2C=CC=C(c3cc[c]cc3)C2=N1. The molecular formula is C13H11N2O2S. The zero-order valence-electron chi connectivity index (χ0n) is 9.57. The predicted octanol–water partition coefficient (Wildman–Crippen LogP) is 1.44. The number of hydrogen-bond donors (Lipinski definition) is 0. The fraction of sp³-hybridized carbons (Fsp3) is 0.154. The van der Waals surface area contributed by atoms with Crippen LogP contribution in [-0.2, 0) is 10.0 Å². The molecule has 0 bridgehead atoms. The van der Waals surface area contributed by atoms with Gasteiger partial charge in [-0.1, -0.05) is 24.3 Å². The van der Waals surface area contributed by atoms with E-state index >= 15 is 0 Å². The van der Waals surface area contributed by atoms with E-state index in [0.29, 0.717) is 12.4 Å². The lowest BCUT2D eigenvalue weighted by atomic mass is 10.0. The molecule has 0 spiro atoms. The fourth-order valence-electron chi connectivity index (χ4n) is 2.01. The van der Waals surface area contributed by atoms with Gasteiger partial charge in [-0.25, -0.2) is 8.42 Å². The van der Waals surface area contributed by atoms with Crippen molar-refractivity contribution in [2.24, 2.45) is 4.40 Å². The van der Waals surface area contributed by atoms with Crippen LogP contribution < -0.4 is 0 Å². The Hall–Kier alpha value is -1.88. The number of amidine groups is 1. The Morgan fingerprint density at radius 2 is 2.06 bits per heavy atom. The molecule has 0 saturated carbocycles. The highest BCUT2D eigenvalue weighted by Crippen LogP contribution is 2.24. The Labute approximate surface area is 106 Å². The van der Waals surface area contributed by atoms with Gasteiger partial charge >= 0.3 is 0 Å². The molecule has 1 aromatic carbocycles. The zero-order chi connectivity index (χ0) is 12.6. The lowest BCUT2D eigenvalue weighted by molar-refractivity contribution is 0.550. The molecule has 3 rings (SSSR count). The van der Waals surface area contributed by atoms with Crippen LogP contribution in [0, 0.1) is 6.07 Å². The molecule has 5 heteroatoms. The first kappa shape index (κ1) is 11.2. The third kappa shape index (κ3) is 1.97. The van der Waals surface area contributed by atoms with Crippen LogP contribution in [0.3, 0.4) is 0 Å². The third-order valence-corrected chi connectivity index (χ3v) is 4.04. The minimum atomic E-state index is -3.33. The van der Waals surface area contributed by atoms with E-state index in [4.69, 9.17) is 0 Å². The monoisotopic (exact) mass is 259 g/mol. The van der Waals surface area contributed by atoms with E-state index in [-0.39, 0.29) is 5.75 Å². The van der Waals surface area contributed by atoms with E-state index in [9.17, 15) is 8.42 Å². The second-order valence-electron chi connectivity index (χ2n) is 4.10. The highest BCUT2D eigenvalue weighted by atomic mass is 32.2. The van der Waals surface area contributed by atoms with Crippen molar-refractivity contribution in [3.05, 3.63) is 54.2 Å². The molecule has 0 amide bonds. The van der Waals surface area contributed by atoms with Gasteiger partial charge in [-0.2, -0.15) is 0 Å². The molecule has 18 heavy (non-hydrogen) atoms. The molecular weight excluding hydrogens is 248 g/mol. The third-order valence-electron chi connectivity index (χ3n) is 2.89. The summed E-state index contributed by atoms with van der Waals surface area (Å²) in [7, 11) is -3.33. The normalized spacial score (nSPS) is 21.0. The van der Waals surface area contributed by atoms with E-state index in [0.717, 1.165) is 11.1 Å². The molecule has 1 aromatic rings. The molecule has 91 valence electrons. The van der Waals surface area contributed by atoms with Crippen LogP contribution in [0.4, 0.5) is 0 Å². The van der Waals surface area contributed by atoms with Crippen LogP contribution >= 0.6 is 0 Å². The van der Waals surface area contributed by atoms with Gasteiger partial charge in [0.15, 0.2) is 5.84 Å². The smallest absolute Gasteiger partial charge is 0.256 e. The summed E-state index contributed by atoms with van der Waals surface area (Å²) in [5.74, 6) is 0.575. The topological polar surface area (TPSA) is 49.7 Å². The van der Waals surface area contributed by atoms with Crippen molar-refractivity contribution in [2.75, 3.05) is 12.3 Å². The highest BCUT2D eigenvalue weighted by molar-refractivity contribution is 7.90. The average molecular weight is 259 g/mol. The summed E-state index contributed by atoms with van der Waals surface area (Å²) >= 11 is 0. The summed E-state index contributed by atoms with van der Waals surface area (Å²) in [6.45, 7) is 0.452. The lowest BCUT2D eigenvalue weighted by Crippen LogP contribution is -2.37. The quantitative estimate of drug-likeness (QED) is 0.767. The molecule has 2 aliphatic rings. The standard InChI is InChI=1S/C13H11N2O2S/c16-18(17)10-9-15-8-4-7-12(13(15)14-18)11-5-2-1-3-6-11/h2-8H,9-10H2. The molecule has 0 fully saturated rings. The molecule has 2 aliphatic heterocycles. The largest absolute Gasteiger partial charge is 0.331 e. The van der Waals surface area contributed by atoms with Crippen molar-refractivity contribution in [3.63, 3.8) is 0 Å². The first-order chi connectivity index (χ1) is 8.66. The molecule has 2 heterocycles. The molecule has 0 aliphatic carbocycles. The van der Waals surface area contributed by atoms with Crippen LogP contribution in [0.15, 0.2) is 47.0 Å². The Kier molecular flexibility index (Phi) is 2.56. The van der Waals surface area contributed by atoms with E-state index in [2.05, 4.69) is 10.5 Å². The first-order valence-corrected chi connectivity index (χ1v) is 7.21. The number of sulfonamides is 1. The van der Waals surface area contributed by atoms with Gasteiger partial charge in [0.1, 0.15) is 0 Å². The molecule has 0 unspecified atom stereocenters. The van der Waals surface area contributed by atoms with Crippen molar-refractivity contribution in [1.82, 2.24) is 4.90 Å². The van der Waals surface area contributed by atoms with Gasteiger partial charge in [0, 0.05) is 18.3 Å². The number of fused-ring (bicyclic) bond motifs is 1. The molecule has 0 atom stereocenters. The van der Waals surface area contributed by atoms with E-state index in [1.54, 1.807) is 12.1 Å². The molecule has 4 nitrogen and oxygen atoms in total. The van der Waals surface area contributed by atoms with Gasteiger partial charge in [-0.3, -0.25) is 0 Å². The van der Waals surface area contributed by atoms with Crippen LogP contribution in [0.2, 0.25) is 0 Å². The van der Waals surface area contributed by atoms with Gasteiger partial charge in [0.05, 0.1) is 5.75 Å². The minimum Gasteiger partial charge on any atom is -0.331 e. The van der Waals surface area contributed by atoms with Gasteiger partial charge in [-0.05, 0) is 23.8 Å². The molecule has 0 saturated heterocycles. The van der Waals surface area contributed by atoms with Crippen LogP contribution in [0.25, 0.3) is 5.57 Å². The number of nitrogens with zero attached hydrogens (tertiary/aromatic N) is 2. The lowest BCUT2D eigenvalue weighted by Gasteiger charge is -2.29. The van der Waals surface area contributed by atoms with Crippen LogP contribution in [0.5, 0.6) is 0 Å². The van der Waals surface area contributed by atoms with E-state index in [1.807, 2.05) is 35.4 Å². The molecule has 0 aromatic heterocycles. The highest BCUT2D eigenvalue weighted by Gasteiger charge is 2.27. The summed E-state index contributed by atoms with van der Waals surface area (Å²) < 4.78 is 27.1. The maximum atomic E-state index is 11.6. The molecule has 0 N–H and O–H groups in total. The van der Waals surface area contributed by atoms with E-state index in [1.165, 1.54) is 0 Å². The Bertz CT molecular complexity index is 657. The van der Waals surface area contributed by atoms with Crippen molar-refractivity contribution in [3.8, 4) is 0 Å². The van der Waals surface area contributed by atoms with E-state index < -0.39 is 10.0 Å².